The molecule has 9 heteroatoms. The minimum Gasteiger partial charge on any atom is -0.466 e. The van der Waals surface area contributed by atoms with Gasteiger partial charge in [-0.25, -0.2) is 9.59 Å². The summed E-state index contributed by atoms with van der Waals surface area (Å²) in [6.45, 7) is 6.57. The van der Waals surface area contributed by atoms with Crippen LogP contribution in [0.3, 0.4) is 0 Å². The summed E-state index contributed by atoms with van der Waals surface area (Å²) in [5, 5.41) is 10.2. The fourth-order valence-corrected chi connectivity index (χ4v) is 6.70. The lowest BCUT2D eigenvalue weighted by Crippen LogP contribution is -2.49. The Labute approximate surface area is 264 Å². The molecule has 9 nitrogen and oxygen atoms in total. The normalized spacial score (nSPS) is 17.4. The van der Waals surface area contributed by atoms with Crippen molar-refractivity contribution in [3.05, 3.63) is 107 Å². The number of aromatic nitrogens is 2. The highest BCUT2D eigenvalue weighted by Gasteiger charge is 2.36. The third-order valence-electron chi connectivity index (χ3n) is 8.93. The van der Waals surface area contributed by atoms with Crippen molar-refractivity contribution in [3.63, 3.8) is 0 Å². The van der Waals surface area contributed by atoms with Crippen LogP contribution in [-0.4, -0.2) is 61.3 Å². The van der Waals surface area contributed by atoms with Gasteiger partial charge in [0.05, 0.1) is 17.6 Å². The number of ether oxygens (including phenoxy) is 1. The Hall–Kier alpha value is -4.37. The molecule has 1 fully saturated rings. The second-order valence-electron chi connectivity index (χ2n) is 12.0. The van der Waals surface area contributed by atoms with Gasteiger partial charge in [-0.1, -0.05) is 72.8 Å². The van der Waals surface area contributed by atoms with Gasteiger partial charge >= 0.3 is 17.8 Å². The molecule has 1 saturated heterocycles. The van der Waals surface area contributed by atoms with Crippen LogP contribution in [0.5, 0.6) is 0 Å². The molecule has 0 saturated carbocycles. The minimum absolute atomic E-state index is 0.0805. The van der Waals surface area contributed by atoms with Crippen LogP contribution in [0.25, 0.3) is 11.0 Å². The van der Waals surface area contributed by atoms with E-state index in [4.69, 9.17) is 4.74 Å². The van der Waals surface area contributed by atoms with Crippen LogP contribution in [0.4, 0.5) is 4.79 Å². The van der Waals surface area contributed by atoms with Crippen molar-refractivity contribution in [1.82, 2.24) is 18.9 Å². The Bertz CT molecular complexity index is 1580. The number of esters is 1. The van der Waals surface area contributed by atoms with Crippen LogP contribution in [0, 0.1) is 0 Å². The highest BCUT2D eigenvalue weighted by molar-refractivity contribution is 5.76. The van der Waals surface area contributed by atoms with Gasteiger partial charge in [0.1, 0.15) is 0 Å². The number of nitrogens with zero attached hydrogens (tertiary/aromatic N) is 4. The highest BCUT2D eigenvalue weighted by Crippen LogP contribution is 2.32. The van der Waals surface area contributed by atoms with Crippen LogP contribution in [0.15, 0.2) is 89.7 Å². The van der Waals surface area contributed by atoms with Gasteiger partial charge in [-0.05, 0) is 62.8 Å². The van der Waals surface area contributed by atoms with Crippen molar-refractivity contribution >= 4 is 23.1 Å². The lowest BCUT2D eigenvalue weighted by Gasteiger charge is -2.41. The molecule has 45 heavy (non-hydrogen) atoms. The van der Waals surface area contributed by atoms with Crippen molar-refractivity contribution in [2.75, 3.05) is 13.2 Å². The molecule has 2 unspecified atom stereocenters. The Morgan fingerprint density at radius 3 is 2.13 bits per heavy atom. The molecule has 1 N–H and O–H groups in total. The van der Waals surface area contributed by atoms with Crippen molar-refractivity contribution in [3.8, 4) is 0 Å². The highest BCUT2D eigenvalue weighted by atomic mass is 16.5. The van der Waals surface area contributed by atoms with Gasteiger partial charge in [0.25, 0.3) is 0 Å². The SMILES string of the molecule is CCOC(=O)CCCn1c(=O)n(C2CCN(C(=O)O)[C@@H](CC(C)N(Cc3ccccc3)Cc3ccccc3)C2)c2ccccc21. The van der Waals surface area contributed by atoms with Crippen LogP contribution < -0.4 is 5.69 Å². The average Bonchev–Trinajstić information content (AvgIpc) is 3.32. The van der Waals surface area contributed by atoms with E-state index in [0.717, 1.165) is 24.1 Å². The first-order chi connectivity index (χ1) is 21.9. The van der Waals surface area contributed by atoms with Gasteiger partial charge in [0, 0.05) is 50.7 Å². The van der Waals surface area contributed by atoms with Crippen LogP contribution >= 0.6 is 0 Å². The second-order valence-corrected chi connectivity index (χ2v) is 12.0. The summed E-state index contributed by atoms with van der Waals surface area (Å²) in [5.41, 5.74) is 3.97. The maximum atomic E-state index is 13.9. The van der Waals surface area contributed by atoms with Crippen LogP contribution in [0.1, 0.15) is 63.1 Å². The quantitative estimate of drug-likeness (QED) is 0.178. The topological polar surface area (TPSA) is 97.0 Å². The molecule has 0 radical (unpaired) electrons. The molecule has 4 aromatic rings. The molecule has 1 aliphatic heterocycles. The standard InChI is InChI=1S/C36H44N4O5/c1-3-45-34(41)19-12-21-39-32-17-10-11-18-33(32)40(35(39)42)30-20-22-38(36(43)44)31(24-30)23-27(2)37(25-28-13-6-4-7-14-28)26-29-15-8-5-9-16-29/h4-11,13-18,27,30-31H,3,12,19-26H2,1-2H3,(H,43,44)/t27?,30?,31-/m0/s1. The monoisotopic (exact) mass is 612 g/mol. The molecule has 5 rings (SSSR count). The number of rotatable bonds is 13. The lowest BCUT2D eigenvalue weighted by atomic mass is 9.92. The number of imidazole rings is 1. The zero-order chi connectivity index (χ0) is 31.8. The molecular weight excluding hydrogens is 568 g/mol. The van der Waals surface area contributed by atoms with Crippen molar-refractivity contribution in [1.29, 1.82) is 0 Å². The Balaban J connectivity index is 1.38. The summed E-state index contributed by atoms with van der Waals surface area (Å²) < 4.78 is 8.68. The Kier molecular flexibility index (Phi) is 10.7. The average molecular weight is 613 g/mol. The number of carbonyl (C=O) groups excluding carboxylic acids is 1. The van der Waals surface area contributed by atoms with Gasteiger partial charge in [-0.3, -0.25) is 18.8 Å². The Morgan fingerprint density at radius 2 is 1.53 bits per heavy atom. The van der Waals surface area contributed by atoms with Gasteiger partial charge in [0.15, 0.2) is 0 Å². The van der Waals surface area contributed by atoms with Gasteiger partial charge < -0.3 is 14.7 Å². The molecule has 2 heterocycles. The van der Waals surface area contributed by atoms with Crippen molar-refractivity contribution < 1.29 is 19.4 Å². The summed E-state index contributed by atoms with van der Waals surface area (Å²) in [7, 11) is 0. The van der Waals surface area contributed by atoms with Crippen molar-refractivity contribution in [2.45, 2.75) is 83.7 Å². The molecule has 1 aromatic heterocycles. The van der Waals surface area contributed by atoms with E-state index in [1.54, 1.807) is 16.4 Å². The number of aryl methyl sites for hydroxylation is 1. The molecule has 0 bridgehead atoms. The molecule has 3 atom stereocenters. The maximum absolute atomic E-state index is 13.9. The lowest BCUT2D eigenvalue weighted by molar-refractivity contribution is -0.143. The summed E-state index contributed by atoms with van der Waals surface area (Å²) in [6.07, 6.45) is 1.60. The van der Waals surface area contributed by atoms with Gasteiger partial charge in [-0.2, -0.15) is 0 Å². The summed E-state index contributed by atoms with van der Waals surface area (Å²) >= 11 is 0. The van der Waals surface area contributed by atoms with E-state index in [1.165, 1.54) is 11.1 Å². The predicted octanol–water partition coefficient (Wildman–Crippen LogP) is 6.31. The number of piperidine rings is 1. The first kappa shape index (κ1) is 32.0. The van der Waals surface area contributed by atoms with E-state index in [0.29, 0.717) is 45.4 Å². The van der Waals surface area contributed by atoms with E-state index in [2.05, 4.69) is 36.1 Å². The molecule has 3 aromatic carbocycles. The maximum Gasteiger partial charge on any atom is 0.407 e. The van der Waals surface area contributed by atoms with Gasteiger partial charge in [0.2, 0.25) is 0 Å². The van der Waals surface area contributed by atoms with Crippen LogP contribution in [0.2, 0.25) is 0 Å². The first-order valence-corrected chi connectivity index (χ1v) is 16.0. The smallest absolute Gasteiger partial charge is 0.407 e. The number of carboxylic acid groups (broad SMARTS) is 1. The number of amides is 1. The van der Waals surface area contributed by atoms with E-state index < -0.39 is 6.09 Å². The Morgan fingerprint density at radius 1 is 0.933 bits per heavy atom. The largest absolute Gasteiger partial charge is 0.466 e. The van der Waals surface area contributed by atoms with E-state index in [1.807, 2.05) is 65.2 Å². The zero-order valence-electron chi connectivity index (χ0n) is 26.3. The zero-order valence-corrected chi connectivity index (χ0v) is 26.3. The summed E-state index contributed by atoms with van der Waals surface area (Å²) in [5.74, 6) is -0.263. The first-order valence-electron chi connectivity index (χ1n) is 16.0. The van der Waals surface area contributed by atoms with E-state index in [9.17, 15) is 19.5 Å². The predicted molar refractivity (Wildman–Crippen MR) is 175 cm³/mol. The molecule has 238 valence electrons. The molecule has 0 spiro atoms. The molecular formula is C36H44N4O5. The van der Waals surface area contributed by atoms with Crippen molar-refractivity contribution in [2.24, 2.45) is 0 Å². The van der Waals surface area contributed by atoms with Gasteiger partial charge in [-0.15, -0.1) is 0 Å². The fourth-order valence-electron chi connectivity index (χ4n) is 6.70. The van der Waals surface area contributed by atoms with E-state index >= 15 is 0 Å². The fraction of sp³-hybridized carbons (Fsp3) is 0.417. The number of hydrogen-bond acceptors (Lipinski definition) is 5. The number of para-hydroxylation sites is 2. The minimum atomic E-state index is -0.919. The number of hydrogen-bond donors (Lipinski definition) is 1. The number of benzene rings is 3. The molecule has 1 amide bonds. The number of likely N-dealkylation sites (tertiary alicyclic amines) is 1. The second kappa shape index (κ2) is 15.1. The van der Waals surface area contributed by atoms with Crippen LogP contribution in [-0.2, 0) is 29.2 Å². The van der Waals surface area contributed by atoms with E-state index in [-0.39, 0.29) is 36.2 Å². The third-order valence-corrected chi connectivity index (χ3v) is 8.93. The molecule has 0 aliphatic carbocycles. The summed E-state index contributed by atoms with van der Waals surface area (Å²) in [4.78, 5) is 42.3. The number of fused-ring (bicyclic) bond motifs is 1. The molecule has 1 aliphatic rings. The summed E-state index contributed by atoms with van der Waals surface area (Å²) in [6, 6.07) is 28.1. The number of carbonyl (C=O) groups is 2. The third kappa shape index (κ3) is 7.84.